The number of nitriles is 1. The van der Waals surface area contributed by atoms with Gasteiger partial charge in [0.05, 0.1) is 35.1 Å². The van der Waals surface area contributed by atoms with E-state index in [0.29, 0.717) is 17.2 Å². The minimum Gasteiger partial charge on any atom is -0.444 e. The van der Waals surface area contributed by atoms with E-state index in [1.807, 2.05) is 6.07 Å². The number of amides is 2. The minimum atomic E-state index is -4.53. The van der Waals surface area contributed by atoms with Gasteiger partial charge in [-0.2, -0.15) is 18.4 Å². The number of alkyl carbamates (subject to hydrolysis) is 1. The number of nitrogens with one attached hydrogen (secondary N) is 1. The Kier molecular flexibility index (Phi) is 9.16. The molecular weight excluding hydrogens is 670 g/mol. The van der Waals surface area contributed by atoms with E-state index in [1.54, 1.807) is 20.8 Å². The number of aromatic nitrogens is 3. The zero-order valence-corrected chi connectivity index (χ0v) is 27.3. The SMILES string of the molecule is CC(C)(C)OC(=O)N[C@H]1CC(F)(F)c2cc(F)c(-c3nnc(C(C)(C)C#N)o3)cc2N(Cc2ccc(-c3ccc(C(F)(F)F)cc3)nc2)C1=O. The van der Waals surface area contributed by atoms with E-state index in [0.717, 1.165) is 23.1 Å². The average molecular weight is 701 g/mol. The monoisotopic (exact) mass is 700 g/mol. The van der Waals surface area contributed by atoms with E-state index in [1.165, 1.54) is 44.3 Å². The molecule has 1 atom stereocenters. The second-order valence-corrected chi connectivity index (χ2v) is 13.2. The molecule has 2 aromatic heterocycles. The van der Waals surface area contributed by atoms with Crippen molar-refractivity contribution in [2.75, 3.05) is 4.90 Å². The van der Waals surface area contributed by atoms with Gasteiger partial charge in [-0.05, 0) is 70.5 Å². The number of alkyl halides is 5. The molecule has 4 aromatic rings. The van der Waals surface area contributed by atoms with E-state index < -0.39 is 88.2 Å². The number of carbonyl (C=O) groups is 2. The first-order valence-corrected chi connectivity index (χ1v) is 15.1. The molecule has 50 heavy (non-hydrogen) atoms. The standard InChI is InChI=1S/C34H30F6N6O4/c1-31(2,3)50-30(48)43-25-14-33(36,37)22-13-23(35)21(27-44-45-29(49-27)32(4,5)17-41)12-26(22)46(28(25)47)16-18-6-11-24(42-15-18)19-7-9-20(10-8-19)34(38,39)40/h6-13,15,25H,14,16H2,1-5H3,(H,43,48)/t25-/m0/s1. The molecule has 10 nitrogen and oxygen atoms in total. The Hall–Kier alpha value is -5.46. The summed E-state index contributed by atoms with van der Waals surface area (Å²) in [5.41, 5.74) is -3.92. The number of carbonyl (C=O) groups excluding carboxylic acids is 2. The second kappa shape index (κ2) is 12.8. The fraction of sp³-hybridized carbons (Fsp3) is 0.353. The molecule has 1 aliphatic heterocycles. The summed E-state index contributed by atoms with van der Waals surface area (Å²) in [6.07, 6.45) is -5.59. The Balaban J connectivity index is 1.57. The van der Waals surface area contributed by atoms with Gasteiger partial charge in [-0.1, -0.05) is 18.2 Å². The first-order valence-electron chi connectivity index (χ1n) is 15.1. The van der Waals surface area contributed by atoms with Gasteiger partial charge in [-0.3, -0.25) is 9.78 Å². The van der Waals surface area contributed by atoms with Crippen LogP contribution in [0, 0.1) is 17.1 Å². The molecule has 0 saturated carbocycles. The Bertz CT molecular complexity index is 1960. The Morgan fingerprint density at radius 2 is 1.76 bits per heavy atom. The Morgan fingerprint density at radius 3 is 2.34 bits per heavy atom. The zero-order chi connectivity index (χ0) is 36.8. The normalized spacial score (nSPS) is 16.3. The number of nitrogens with zero attached hydrogens (tertiary/aromatic N) is 5. The van der Waals surface area contributed by atoms with Gasteiger partial charge < -0.3 is 19.4 Å². The molecule has 1 aliphatic rings. The maximum Gasteiger partial charge on any atom is 0.416 e. The highest BCUT2D eigenvalue weighted by molar-refractivity contribution is 6.00. The largest absolute Gasteiger partial charge is 0.444 e. The maximum absolute atomic E-state index is 15.9. The van der Waals surface area contributed by atoms with Gasteiger partial charge in [0, 0.05) is 23.7 Å². The van der Waals surface area contributed by atoms with E-state index >= 15 is 13.2 Å². The molecule has 5 rings (SSSR count). The Morgan fingerprint density at radius 1 is 1.08 bits per heavy atom. The number of rotatable bonds is 6. The molecule has 16 heteroatoms. The number of ether oxygens (including phenoxy) is 1. The van der Waals surface area contributed by atoms with Crippen molar-refractivity contribution in [2.24, 2.45) is 0 Å². The van der Waals surface area contributed by atoms with Crippen molar-refractivity contribution in [3.63, 3.8) is 0 Å². The van der Waals surface area contributed by atoms with Crippen molar-refractivity contribution in [3.05, 3.63) is 83.1 Å². The van der Waals surface area contributed by atoms with Crippen LogP contribution in [0.5, 0.6) is 0 Å². The van der Waals surface area contributed by atoms with Crippen molar-refractivity contribution in [2.45, 2.75) is 76.7 Å². The van der Waals surface area contributed by atoms with Crippen LogP contribution in [0.1, 0.15) is 63.6 Å². The van der Waals surface area contributed by atoms with Gasteiger partial charge in [-0.15, -0.1) is 10.2 Å². The molecule has 0 saturated heterocycles. The molecule has 0 spiro atoms. The highest BCUT2D eigenvalue weighted by atomic mass is 19.4. The first kappa shape index (κ1) is 35.8. The van der Waals surface area contributed by atoms with E-state index in [4.69, 9.17) is 9.15 Å². The lowest BCUT2D eigenvalue weighted by molar-refractivity contribution is -0.137. The van der Waals surface area contributed by atoms with Crippen molar-refractivity contribution in [3.8, 4) is 28.8 Å². The lowest BCUT2D eigenvalue weighted by atomic mass is 9.96. The predicted molar refractivity (Wildman–Crippen MR) is 166 cm³/mol. The molecule has 0 aliphatic carbocycles. The van der Waals surface area contributed by atoms with Crippen LogP contribution in [-0.2, 0) is 33.6 Å². The van der Waals surface area contributed by atoms with Crippen molar-refractivity contribution in [1.29, 1.82) is 5.26 Å². The molecule has 0 radical (unpaired) electrons. The smallest absolute Gasteiger partial charge is 0.416 e. The average Bonchev–Trinajstić information content (AvgIpc) is 3.51. The van der Waals surface area contributed by atoms with Gasteiger partial charge >= 0.3 is 12.3 Å². The zero-order valence-electron chi connectivity index (χ0n) is 27.3. The van der Waals surface area contributed by atoms with Crippen LogP contribution in [0.2, 0.25) is 0 Å². The number of halogens is 6. The third kappa shape index (κ3) is 7.56. The summed E-state index contributed by atoms with van der Waals surface area (Å²) in [5.74, 6) is -6.62. The number of anilines is 1. The number of hydrogen-bond acceptors (Lipinski definition) is 8. The van der Waals surface area contributed by atoms with Crippen molar-refractivity contribution >= 4 is 17.7 Å². The number of pyridine rings is 1. The fourth-order valence-corrected chi connectivity index (χ4v) is 5.06. The molecule has 2 aromatic carbocycles. The number of fused-ring (bicyclic) bond motifs is 1. The third-order valence-electron chi connectivity index (χ3n) is 7.63. The summed E-state index contributed by atoms with van der Waals surface area (Å²) in [4.78, 5) is 31.9. The van der Waals surface area contributed by atoms with E-state index in [2.05, 4.69) is 20.5 Å². The lowest BCUT2D eigenvalue weighted by Crippen LogP contribution is -2.49. The van der Waals surface area contributed by atoms with Gasteiger partial charge in [-0.25, -0.2) is 18.0 Å². The highest BCUT2D eigenvalue weighted by Gasteiger charge is 2.47. The lowest BCUT2D eigenvalue weighted by Gasteiger charge is -2.27. The molecule has 262 valence electrons. The van der Waals surface area contributed by atoms with Gasteiger partial charge in [0.15, 0.2) is 0 Å². The summed E-state index contributed by atoms with van der Waals surface area (Å²) >= 11 is 0. The van der Waals surface area contributed by atoms with Crippen LogP contribution in [0.25, 0.3) is 22.7 Å². The quantitative estimate of drug-likeness (QED) is 0.203. The third-order valence-corrected chi connectivity index (χ3v) is 7.63. The fourth-order valence-electron chi connectivity index (χ4n) is 5.06. The summed E-state index contributed by atoms with van der Waals surface area (Å²) in [6.45, 7) is 7.19. The van der Waals surface area contributed by atoms with Crippen LogP contribution in [-0.4, -0.2) is 38.8 Å². The predicted octanol–water partition coefficient (Wildman–Crippen LogP) is 7.68. The minimum absolute atomic E-state index is 0.163. The van der Waals surface area contributed by atoms with E-state index in [-0.39, 0.29) is 11.6 Å². The van der Waals surface area contributed by atoms with Gasteiger partial charge in [0.2, 0.25) is 11.8 Å². The van der Waals surface area contributed by atoms with Gasteiger partial charge in [0.25, 0.3) is 11.8 Å². The van der Waals surface area contributed by atoms with Crippen LogP contribution < -0.4 is 10.2 Å². The topological polar surface area (TPSA) is 134 Å². The first-order chi connectivity index (χ1) is 23.2. The Labute approximate surface area is 282 Å². The van der Waals surface area contributed by atoms with Gasteiger partial charge in [0.1, 0.15) is 22.9 Å². The number of benzene rings is 2. The summed E-state index contributed by atoms with van der Waals surface area (Å²) in [6, 6.07) is 8.89. The van der Waals surface area contributed by atoms with Crippen LogP contribution in [0.3, 0.4) is 0 Å². The van der Waals surface area contributed by atoms with Crippen LogP contribution in [0.4, 0.5) is 36.8 Å². The van der Waals surface area contributed by atoms with E-state index in [9.17, 15) is 28.0 Å². The molecule has 3 heterocycles. The second-order valence-electron chi connectivity index (χ2n) is 13.2. The van der Waals surface area contributed by atoms with Crippen LogP contribution in [0.15, 0.2) is 59.1 Å². The maximum atomic E-state index is 15.9. The highest BCUT2D eigenvalue weighted by Crippen LogP contribution is 2.45. The molecular formula is C34H30F6N6O4. The van der Waals surface area contributed by atoms with Crippen molar-refractivity contribution < 1.29 is 45.1 Å². The number of hydrogen-bond donors (Lipinski definition) is 1. The van der Waals surface area contributed by atoms with Crippen molar-refractivity contribution in [1.82, 2.24) is 20.5 Å². The van der Waals surface area contributed by atoms with Crippen LogP contribution >= 0.6 is 0 Å². The summed E-state index contributed by atoms with van der Waals surface area (Å²) in [5, 5.41) is 19.3. The molecule has 1 N–H and O–H groups in total. The molecule has 2 amide bonds. The molecule has 0 bridgehead atoms. The summed E-state index contributed by atoms with van der Waals surface area (Å²) in [7, 11) is 0. The molecule has 0 fully saturated rings. The molecule has 0 unspecified atom stereocenters. The summed E-state index contributed by atoms with van der Waals surface area (Å²) < 4.78 is 97.2.